The second kappa shape index (κ2) is 11.3. The van der Waals surface area contributed by atoms with Crippen molar-refractivity contribution in [3.8, 4) is 11.1 Å². The maximum atomic E-state index is 15.1. The standard InChI is InChI=1S/C29H32F2N4O4S/c1-6-24(36)35-17(3)11-33(12-18(35)4)28-22-9-16(2)25(21-8-7-19(30)10-23(21)31)27-26(22)34(29(37)32-28)13-20(14-40-27)39-15-38-5/h6-10,17-18,20H,1,11-15H2,2-5H3/t17-,18+,20-/m0/s1. The van der Waals surface area contributed by atoms with Gasteiger partial charge in [0, 0.05) is 65.5 Å². The van der Waals surface area contributed by atoms with E-state index in [2.05, 4.69) is 11.6 Å². The molecule has 5 rings (SSSR count). The molecular formula is C29H32F2N4O4S. The Morgan fingerprint density at radius 2 is 1.93 bits per heavy atom. The van der Waals surface area contributed by atoms with E-state index in [1.54, 1.807) is 9.47 Å². The summed E-state index contributed by atoms with van der Waals surface area (Å²) in [6.07, 6.45) is 0.962. The predicted molar refractivity (Wildman–Crippen MR) is 152 cm³/mol. The minimum Gasteiger partial charge on any atom is -0.359 e. The Bertz CT molecular complexity index is 1530. The molecule has 0 bridgehead atoms. The third kappa shape index (κ3) is 5.02. The zero-order chi connectivity index (χ0) is 28.7. The van der Waals surface area contributed by atoms with E-state index >= 15 is 4.39 Å². The molecule has 0 saturated carbocycles. The fourth-order valence-electron chi connectivity index (χ4n) is 5.83. The van der Waals surface area contributed by atoms with E-state index in [4.69, 9.17) is 9.47 Å². The zero-order valence-corrected chi connectivity index (χ0v) is 23.8. The molecule has 2 aliphatic heterocycles. The molecule has 3 heterocycles. The Morgan fingerprint density at radius 1 is 1.20 bits per heavy atom. The van der Waals surface area contributed by atoms with Gasteiger partial charge in [0.2, 0.25) is 5.91 Å². The van der Waals surface area contributed by atoms with Gasteiger partial charge in [-0.25, -0.2) is 13.6 Å². The topological polar surface area (TPSA) is 76.9 Å². The first-order valence-corrected chi connectivity index (χ1v) is 14.1. The monoisotopic (exact) mass is 570 g/mol. The van der Waals surface area contributed by atoms with E-state index in [1.807, 2.05) is 31.7 Å². The van der Waals surface area contributed by atoms with Gasteiger partial charge in [0.25, 0.3) is 0 Å². The summed E-state index contributed by atoms with van der Waals surface area (Å²) in [6, 6.07) is 5.18. The van der Waals surface area contributed by atoms with Crippen LogP contribution in [0.15, 0.2) is 46.6 Å². The minimum atomic E-state index is -0.676. The lowest BCUT2D eigenvalue weighted by molar-refractivity contribution is -0.130. The number of piperazine rings is 1. The van der Waals surface area contributed by atoms with E-state index in [0.29, 0.717) is 40.6 Å². The van der Waals surface area contributed by atoms with Crippen LogP contribution in [0.1, 0.15) is 19.4 Å². The fraction of sp³-hybridized carbons (Fsp3) is 0.414. The first-order valence-electron chi connectivity index (χ1n) is 13.1. The molecule has 2 aromatic carbocycles. The van der Waals surface area contributed by atoms with Crippen LogP contribution in [-0.4, -0.2) is 71.3 Å². The number of rotatable bonds is 6. The van der Waals surface area contributed by atoms with E-state index in [1.165, 1.54) is 37.1 Å². The molecule has 8 nitrogen and oxygen atoms in total. The fourth-order valence-corrected chi connectivity index (χ4v) is 7.16. The predicted octanol–water partition coefficient (Wildman–Crippen LogP) is 4.36. The van der Waals surface area contributed by atoms with Crippen molar-refractivity contribution in [1.29, 1.82) is 0 Å². The van der Waals surface area contributed by atoms with Gasteiger partial charge in [0.15, 0.2) is 0 Å². The van der Waals surface area contributed by atoms with Gasteiger partial charge in [0.1, 0.15) is 24.2 Å². The summed E-state index contributed by atoms with van der Waals surface area (Å²) in [7, 11) is 1.53. The van der Waals surface area contributed by atoms with Crippen LogP contribution < -0.4 is 10.6 Å². The highest BCUT2D eigenvalue weighted by Crippen LogP contribution is 2.44. The molecular weight excluding hydrogens is 538 g/mol. The first kappa shape index (κ1) is 28.3. The second-order valence-corrected chi connectivity index (χ2v) is 11.3. The normalized spacial score (nSPS) is 21.0. The summed E-state index contributed by atoms with van der Waals surface area (Å²) >= 11 is 1.47. The van der Waals surface area contributed by atoms with Crippen LogP contribution in [0.25, 0.3) is 22.0 Å². The summed E-state index contributed by atoms with van der Waals surface area (Å²) in [5, 5.41) is 0.751. The molecule has 3 atom stereocenters. The second-order valence-electron chi connectivity index (χ2n) is 10.3. The first-order chi connectivity index (χ1) is 19.1. The number of carbonyl (C=O) groups is 1. The number of amides is 1. The number of halogens is 2. The maximum absolute atomic E-state index is 15.1. The highest BCUT2D eigenvalue weighted by molar-refractivity contribution is 7.99. The van der Waals surface area contributed by atoms with Gasteiger partial charge in [-0.1, -0.05) is 6.58 Å². The third-order valence-corrected chi connectivity index (χ3v) is 8.69. The van der Waals surface area contributed by atoms with Gasteiger partial charge in [-0.15, -0.1) is 11.8 Å². The highest BCUT2D eigenvalue weighted by Gasteiger charge is 2.35. The number of methoxy groups -OCH3 is 1. The molecule has 0 spiro atoms. The van der Waals surface area contributed by atoms with Gasteiger partial charge >= 0.3 is 5.69 Å². The Morgan fingerprint density at radius 3 is 2.58 bits per heavy atom. The minimum absolute atomic E-state index is 0.0624. The number of anilines is 1. The van der Waals surface area contributed by atoms with Crippen molar-refractivity contribution in [2.24, 2.45) is 0 Å². The molecule has 1 aromatic heterocycles. The molecule has 1 fully saturated rings. The molecule has 1 saturated heterocycles. The molecule has 3 aromatic rings. The van der Waals surface area contributed by atoms with E-state index < -0.39 is 17.3 Å². The Hall–Kier alpha value is -3.28. The smallest absolute Gasteiger partial charge is 0.350 e. The number of carbonyl (C=O) groups excluding carboxylic acids is 1. The number of hydrogen-bond donors (Lipinski definition) is 0. The van der Waals surface area contributed by atoms with Crippen molar-refractivity contribution in [3.63, 3.8) is 0 Å². The summed E-state index contributed by atoms with van der Waals surface area (Å²) in [6.45, 7) is 10.7. The lowest BCUT2D eigenvalue weighted by atomic mass is 9.97. The quantitative estimate of drug-likeness (QED) is 0.322. The average Bonchev–Trinajstić information content (AvgIpc) is 3.10. The van der Waals surface area contributed by atoms with Gasteiger partial charge in [-0.05, 0) is 50.6 Å². The van der Waals surface area contributed by atoms with Crippen molar-refractivity contribution >= 4 is 34.4 Å². The SMILES string of the molecule is C=CC(=O)N1[C@H](C)CN(c2nc(=O)n3c4c(c(-c5ccc(F)cc5F)c(C)cc24)SC[C@@H](OCOC)C3)C[C@@H]1C. The molecule has 11 heteroatoms. The largest absolute Gasteiger partial charge is 0.359 e. The Kier molecular flexibility index (Phi) is 7.98. The summed E-state index contributed by atoms with van der Waals surface area (Å²) in [5.41, 5.74) is 1.83. The van der Waals surface area contributed by atoms with Crippen LogP contribution in [0.2, 0.25) is 0 Å². The Labute approximate surface area is 235 Å². The van der Waals surface area contributed by atoms with Gasteiger partial charge in [-0.2, -0.15) is 4.98 Å². The number of hydrogen-bond acceptors (Lipinski definition) is 7. The van der Waals surface area contributed by atoms with Crippen molar-refractivity contribution in [1.82, 2.24) is 14.5 Å². The average molecular weight is 571 g/mol. The maximum Gasteiger partial charge on any atom is 0.350 e. The number of benzene rings is 2. The summed E-state index contributed by atoms with van der Waals surface area (Å²) < 4.78 is 41.5. The van der Waals surface area contributed by atoms with E-state index in [0.717, 1.165) is 17.0 Å². The molecule has 212 valence electrons. The van der Waals surface area contributed by atoms with Gasteiger partial charge < -0.3 is 19.3 Å². The molecule has 40 heavy (non-hydrogen) atoms. The van der Waals surface area contributed by atoms with Gasteiger partial charge in [0.05, 0.1) is 18.2 Å². The molecule has 2 aliphatic rings. The van der Waals surface area contributed by atoms with Crippen LogP contribution >= 0.6 is 11.8 Å². The lowest BCUT2D eigenvalue weighted by Crippen LogP contribution is -2.58. The van der Waals surface area contributed by atoms with E-state index in [-0.39, 0.29) is 43.0 Å². The highest BCUT2D eigenvalue weighted by atomic mass is 32.2. The summed E-state index contributed by atoms with van der Waals surface area (Å²) in [4.78, 5) is 35.2. The number of thioether (sulfide) groups is 1. The van der Waals surface area contributed by atoms with Crippen LogP contribution in [0.3, 0.4) is 0 Å². The molecule has 0 aliphatic carbocycles. The number of aryl methyl sites for hydroxylation is 1. The molecule has 0 radical (unpaired) electrons. The van der Waals surface area contributed by atoms with Crippen molar-refractivity contribution in [2.45, 2.75) is 50.4 Å². The Balaban J connectivity index is 1.72. The summed E-state index contributed by atoms with van der Waals surface area (Å²) in [5.74, 6) is -0.462. The van der Waals surface area contributed by atoms with Crippen molar-refractivity contribution < 1.29 is 23.0 Å². The number of ether oxygens (including phenoxy) is 2. The molecule has 0 N–H and O–H groups in total. The van der Waals surface area contributed by atoms with Crippen molar-refractivity contribution in [2.75, 3.05) is 37.6 Å². The van der Waals surface area contributed by atoms with Crippen LogP contribution in [0.4, 0.5) is 14.6 Å². The molecule has 1 amide bonds. The number of nitrogens with zero attached hydrogens (tertiary/aromatic N) is 4. The van der Waals surface area contributed by atoms with Gasteiger partial charge in [-0.3, -0.25) is 9.36 Å². The lowest BCUT2D eigenvalue weighted by Gasteiger charge is -2.44. The van der Waals surface area contributed by atoms with Crippen LogP contribution in [-0.2, 0) is 20.8 Å². The third-order valence-electron chi connectivity index (χ3n) is 7.47. The number of aromatic nitrogens is 2. The van der Waals surface area contributed by atoms with Crippen molar-refractivity contribution in [3.05, 3.63) is 64.6 Å². The van der Waals surface area contributed by atoms with E-state index in [9.17, 15) is 14.0 Å². The van der Waals surface area contributed by atoms with Crippen LogP contribution in [0.5, 0.6) is 0 Å². The molecule has 0 unspecified atom stereocenters. The van der Waals surface area contributed by atoms with Crippen LogP contribution in [0, 0.1) is 18.6 Å². The zero-order valence-electron chi connectivity index (χ0n) is 22.9.